The van der Waals surface area contributed by atoms with Crippen molar-refractivity contribution in [2.45, 2.75) is 12.7 Å². The number of nitrogens with one attached hydrogen (secondary N) is 2. The van der Waals surface area contributed by atoms with Gasteiger partial charge in [-0.1, -0.05) is 35.3 Å². The normalized spacial score (nSPS) is 11.2. The molecule has 0 spiro atoms. The lowest BCUT2D eigenvalue weighted by atomic mass is 10.2. The Morgan fingerprint density at radius 1 is 1.22 bits per heavy atom. The van der Waals surface area contributed by atoms with Crippen LogP contribution in [-0.4, -0.2) is 35.1 Å². The molecule has 1 heterocycles. The quantitative estimate of drug-likeness (QED) is 0.634. The fraction of sp³-hybridized carbons (Fsp3) is 0.294. The van der Waals surface area contributed by atoms with Crippen LogP contribution >= 0.6 is 35.4 Å². The number of benzene rings is 1. The van der Waals surface area contributed by atoms with Gasteiger partial charge in [0.2, 0.25) is 0 Å². The molecule has 0 radical (unpaired) electrons. The molecule has 0 aliphatic carbocycles. The molecule has 0 bridgehead atoms. The van der Waals surface area contributed by atoms with Crippen molar-refractivity contribution in [3.63, 3.8) is 0 Å². The van der Waals surface area contributed by atoms with E-state index in [1.54, 1.807) is 19.2 Å². The van der Waals surface area contributed by atoms with E-state index in [1.165, 1.54) is 0 Å². The molecule has 0 aliphatic rings. The number of pyridine rings is 1. The van der Waals surface area contributed by atoms with Crippen molar-refractivity contribution >= 4 is 46.4 Å². The summed E-state index contributed by atoms with van der Waals surface area (Å²) in [4.78, 5) is 5.66. The largest absolute Gasteiger partial charge is 0.417 e. The van der Waals surface area contributed by atoms with Crippen LogP contribution in [0.2, 0.25) is 10.0 Å². The lowest BCUT2D eigenvalue weighted by Gasteiger charge is -2.25. The second-order valence-corrected chi connectivity index (χ2v) is 6.81. The summed E-state index contributed by atoms with van der Waals surface area (Å²) in [6.07, 6.45) is -3.73. The first-order valence-corrected chi connectivity index (χ1v) is 9.05. The average molecular weight is 437 g/mol. The van der Waals surface area contributed by atoms with Crippen LogP contribution < -0.4 is 10.6 Å². The first-order valence-electron chi connectivity index (χ1n) is 7.88. The van der Waals surface area contributed by atoms with Gasteiger partial charge in [0.05, 0.1) is 10.6 Å². The fourth-order valence-corrected chi connectivity index (χ4v) is 2.77. The number of alkyl halides is 3. The van der Waals surface area contributed by atoms with E-state index in [-0.39, 0.29) is 10.8 Å². The lowest BCUT2D eigenvalue weighted by Crippen LogP contribution is -2.40. The molecule has 2 aromatic rings. The van der Waals surface area contributed by atoms with Crippen LogP contribution in [0.5, 0.6) is 0 Å². The Hall–Kier alpha value is -1.77. The van der Waals surface area contributed by atoms with Gasteiger partial charge in [-0.25, -0.2) is 4.98 Å². The maximum atomic E-state index is 12.7. The maximum Gasteiger partial charge on any atom is 0.417 e. The van der Waals surface area contributed by atoms with Gasteiger partial charge in [-0.3, -0.25) is 0 Å². The van der Waals surface area contributed by atoms with Crippen LogP contribution in [0.25, 0.3) is 0 Å². The minimum atomic E-state index is -4.48. The predicted molar refractivity (Wildman–Crippen MR) is 106 cm³/mol. The van der Waals surface area contributed by atoms with E-state index in [2.05, 4.69) is 15.6 Å². The molecule has 27 heavy (non-hydrogen) atoms. The van der Waals surface area contributed by atoms with Crippen molar-refractivity contribution in [3.8, 4) is 0 Å². The van der Waals surface area contributed by atoms with Gasteiger partial charge in [-0.15, -0.1) is 0 Å². The lowest BCUT2D eigenvalue weighted by molar-refractivity contribution is -0.137. The molecule has 0 atom stereocenters. The average Bonchev–Trinajstić information content (AvgIpc) is 2.62. The monoisotopic (exact) mass is 436 g/mol. The minimum Gasteiger partial charge on any atom is -0.367 e. The number of rotatable bonds is 6. The van der Waals surface area contributed by atoms with Gasteiger partial charge in [0.15, 0.2) is 5.11 Å². The number of aromatic nitrogens is 1. The predicted octanol–water partition coefficient (Wildman–Crippen LogP) is 4.83. The zero-order chi connectivity index (χ0) is 20.0. The summed E-state index contributed by atoms with van der Waals surface area (Å²) < 4.78 is 38.0. The van der Waals surface area contributed by atoms with Crippen molar-refractivity contribution in [1.29, 1.82) is 0 Å². The van der Waals surface area contributed by atoms with Crippen LogP contribution in [0.15, 0.2) is 36.5 Å². The number of nitrogens with zero attached hydrogens (tertiary/aromatic N) is 2. The zero-order valence-corrected chi connectivity index (χ0v) is 16.6. The second kappa shape index (κ2) is 9.43. The summed E-state index contributed by atoms with van der Waals surface area (Å²) >= 11 is 17.1. The SMILES string of the molecule is CNC(=S)N(CCNc1ncc(C(F)(F)F)cc1Cl)Cc1ccc(Cl)cc1. The van der Waals surface area contributed by atoms with E-state index in [9.17, 15) is 13.2 Å². The van der Waals surface area contributed by atoms with Crippen LogP contribution in [0.4, 0.5) is 19.0 Å². The molecule has 0 saturated heterocycles. The smallest absolute Gasteiger partial charge is 0.367 e. The number of anilines is 1. The van der Waals surface area contributed by atoms with Crippen LogP contribution in [-0.2, 0) is 12.7 Å². The van der Waals surface area contributed by atoms with Gasteiger partial charge in [0, 0.05) is 37.9 Å². The van der Waals surface area contributed by atoms with E-state index in [1.807, 2.05) is 17.0 Å². The van der Waals surface area contributed by atoms with Crippen LogP contribution in [0, 0.1) is 0 Å². The Balaban J connectivity index is 1.99. The Labute approximate surface area is 170 Å². The molecule has 146 valence electrons. The molecule has 0 unspecified atom stereocenters. The molecule has 2 rings (SSSR count). The number of halogens is 5. The molecule has 1 aromatic heterocycles. The van der Waals surface area contributed by atoms with E-state index in [0.717, 1.165) is 17.8 Å². The van der Waals surface area contributed by atoms with Crippen molar-refractivity contribution < 1.29 is 13.2 Å². The van der Waals surface area contributed by atoms with E-state index in [4.69, 9.17) is 35.4 Å². The molecule has 10 heteroatoms. The van der Waals surface area contributed by atoms with Crippen LogP contribution in [0.1, 0.15) is 11.1 Å². The standard InChI is InChI=1S/C17H17Cl2F3N4S/c1-23-16(27)26(10-11-2-4-13(18)5-3-11)7-6-24-15-14(19)8-12(9-25-15)17(20,21)22/h2-5,8-9H,6-7,10H2,1H3,(H,23,27)(H,24,25). The van der Waals surface area contributed by atoms with E-state index < -0.39 is 11.7 Å². The molecular weight excluding hydrogens is 420 g/mol. The van der Waals surface area contributed by atoms with E-state index >= 15 is 0 Å². The molecule has 0 aliphatic heterocycles. The summed E-state index contributed by atoms with van der Waals surface area (Å²) in [6, 6.07) is 8.23. The minimum absolute atomic E-state index is 0.0923. The number of hydrogen-bond donors (Lipinski definition) is 2. The number of hydrogen-bond acceptors (Lipinski definition) is 3. The van der Waals surface area contributed by atoms with Gasteiger partial charge in [0.25, 0.3) is 0 Å². The van der Waals surface area contributed by atoms with Crippen LogP contribution in [0.3, 0.4) is 0 Å². The fourth-order valence-electron chi connectivity index (χ4n) is 2.25. The summed E-state index contributed by atoms with van der Waals surface area (Å²) in [5.74, 6) is 0.187. The zero-order valence-electron chi connectivity index (χ0n) is 14.3. The summed E-state index contributed by atoms with van der Waals surface area (Å²) in [7, 11) is 1.72. The Morgan fingerprint density at radius 3 is 2.44 bits per heavy atom. The Bertz CT molecular complexity index is 785. The van der Waals surface area contributed by atoms with Crippen molar-refractivity contribution in [2.75, 3.05) is 25.5 Å². The van der Waals surface area contributed by atoms with Gasteiger partial charge in [-0.05, 0) is 36.0 Å². The summed E-state index contributed by atoms with van der Waals surface area (Å²) in [6.45, 7) is 1.42. The number of thiocarbonyl (C=S) groups is 1. The van der Waals surface area contributed by atoms with Gasteiger partial charge < -0.3 is 15.5 Å². The third kappa shape index (κ3) is 6.41. The Morgan fingerprint density at radius 2 is 1.89 bits per heavy atom. The van der Waals surface area contributed by atoms with Gasteiger partial charge in [0.1, 0.15) is 5.82 Å². The molecular formula is C17H17Cl2F3N4S. The van der Waals surface area contributed by atoms with Crippen molar-refractivity contribution in [1.82, 2.24) is 15.2 Å². The highest BCUT2D eigenvalue weighted by Crippen LogP contribution is 2.32. The summed E-state index contributed by atoms with van der Waals surface area (Å²) in [5.41, 5.74) is 0.126. The Kier molecular flexibility index (Phi) is 7.52. The van der Waals surface area contributed by atoms with Gasteiger partial charge in [-0.2, -0.15) is 13.2 Å². The molecule has 2 N–H and O–H groups in total. The first kappa shape index (κ1) is 21.5. The van der Waals surface area contributed by atoms with E-state index in [0.29, 0.717) is 29.8 Å². The highest BCUT2D eigenvalue weighted by atomic mass is 35.5. The third-order valence-corrected chi connectivity index (χ3v) is 4.63. The topological polar surface area (TPSA) is 40.2 Å². The van der Waals surface area contributed by atoms with Crippen molar-refractivity contribution in [3.05, 3.63) is 57.7 Å². The molecule has 4 nitrogen and oxygen atoms in total. The highest BCUT2D eigenvalue weighted by Gasteiger charge is 2.31. The van der Waals surface area contributed by atoms with Gasteiger partial charge >= 0.3 is 6.18 Å². The second-order valence-electron chi connectivity index (χ2n) is 5.58. The molecule has 0 saturated carbocycles. The molecule has 0 fully saturated rings. The summed E-state index contributed by atoms with van der Waals surface area (Å²) in [5, 5.41) is 6.95. The third-order valence-electron chi connectivity index (χ3n) is 3.63. The highest BCUT2D eigenvalue weighted by molar-refractivity contribution is 7.80. The van der Waals surface area contributed by atoms with Crippen molar-refractivity contribution in [2.24, 2.45) is 0 Å². The first-order chi connectivity index (χ1) is 12.7. The maximum absolute atomic E-state index is 12.7. The molecule has 1 aromatic carbocycles. The molecule has 0 amide bonds.